The second-order valence-electron chi connectivity index (χ2n) is 4.19. The summed E-state index contributed by atoms with van der Waals surface area (Å²) in [5, 5.41) is 17.6. The van der Waals surface area contributed by atoms with Gasteiger partial charge in [0, 0.05) is 5.57 Å². The summed E-state index contributed by atoms with van der Waals surface area (Å²) in [6, 6.07) is 9.66. The fourth-order valence-electron chi connectivity index (χ4n) is 1.61. The van der Waals surface area contributed by atoms with E-state index in [0.717, 1.165) is 18.6 Å². The van der Waals surface area contributed by atoms with E-state index in [1.54, 1.807) is 24.3 Å². The maximum Gasteiger partial charge on any atom is 0.418 e. The van der Waals surface area contributed by atoms with Crippen molar-refractivity contribution in [3.8, 4) is 12.1 Å². The molecule has 20 heavy (non-hydrogen) atoms. The molecule has 0 aliphatic rings. The molecule has 0 unspecified atom stereocenters. The van der Waals surface area contributed by atoms with Crippen molar-refractivity contribution in [2.75, 3.05) is 0 Å². The molecule has 0 aromatic heterocycles. The Morgan fingerprint density at radius 1 is 1.10 bits per heavy atom. The van der Waals surface area contributed by atoms with Gasteiger partial charge in [-0.3, -0.25) is 0 Å². The van der Waals surface area contributed by atoms with E-state index in [0.29, 0.717) is 5.56 Å². The molecular formula is C15H11F3N2. The van der Waals surface area contributed by atoms with Crippen molar-refractivity contribution >= 4 is 6.08 Å². The summed E-state index contributed by atoms with van der Waals surface area (Å²) < 4.78 is 38.9. The van der Waals surface area contributed by atoms with E-state index in [9.17, 15) is 13.2 Å². The highest BCUT2D eigenvalue weighted by Crippen LogP contribution is 2.34. The summed E-state index contributed by atoms with van der Waals surface area (Å²) in [7, 11) is 0. The van der Waals surface area contributed by atoms with Crippen LogP contribution in [-0.4, -0.2) is 6.18 Å². The first kappa shape index (κ1) is 15.5. The van der Waals surface area contributed by atoms with Crippen LogP contribution in [0.15, 0.2) is 41.0 Å². The minimum atomic E-state index is -4.74. The Kier molecular flexibility index (Phi) is 4.72. The van der Waals surface area contributed by atoms with Gasteiger partial charge in [0.25, 0.3) is 0 Å². The molecule has 5 heteroatoms. The summed E-state index contributed by atoms with van der Waals surface area (Å²) in [5.74, 6) is 0. The Hall–Kier alpha value is -2.53. The predicted molar refractivity (Wildman–Crippen MR) is 69.1 cm³/mol. The third-order valence-electron chi connectivity index (χ3n) is 2.60. The van der Waals surface area contributed by atoms with E-state index in [1.165, 1.54) is 12.1 Å². The third kappa shape index (κ3) is 3.73. The summed E-state index contributed by atoms with van der Waals surface area (Å²) in [5.41, 5.74) is -0.860. The molecular weight excluding hydrogens is 265 g/mol. The number of allylic oxidation sites excluding steroid dienone is 3. The van der Waals surface area contributed by atoms with Crippen LogP contribution < -0.4 is 0 Å². The topological polar surface area (TPSA) is 47.6 Å². The van der Waals surface area contributed by atoms with Crippen LogP contribution in [0.2, 0.25) is 0 Å². The number of hydrogen-bond donors (Lipinski definition) is 0. The molecule has 1 aromatic carbocycles. The van der Waals surface area contributed by atoms with Crippen molar-refractivity contribution < 1.29 is 13.2 Å². The van der Waals surface area contributed by atoms with Gasteiger partial charge in [0.15, 0.2) is 0 Å². The lowest BCUT2D eigenvalue weighted by molar-refractivity contribution is -0.0893. The van der Waals surface area contributed by atoms with Gasteiger partial charge in [-0.1, -0.05) is 29.8 Å². The smallest absolute Gasteiger partial charge is 0.193 e. The number of aryl methyl sites for hydroxylation is 1. The van der Waals surface area contributed by atoms with Gasteiger partial charge in [0.05, 0.1) is 23.3 Å². The Morgan fingerprint density at radius 3 is 2.05 bits per heavy atom. The lowest BCUT2D eigenvalue weighted by atomic mass is 9.99. The Bertz CT molecular complexity index is 636. The van der Waals surface area contributed by atoms with Gasteiger partial charge in [-0.2, -0.15) is 23.7 Å². The highest BCUT2D eigenvalue weighted by Gasteiger charge is 2.38. The normalized spacial score (nSPS) is 13.2. The average molecular weight is 276 g/mol. The monoisotopic (exact) mass is 276 g/mol. The predicted octanol–water partition coefficient (Wildman–Crippen LogP) is 4.30. The first-order chi connectivity index (χ1) is 9.29. The SMILES string of the molecule is C/C(C#N)=C(\C(C#N)=C\c1ccc(C)cc1)C(F)(F)F. The van der Waals surface area contributed by atoms with Gasteiger partial charge >= 0.3 is 6.18 Å². The van der Waals surface area contributed by atoms with Gasteiger partial charge in [-0.25, -0.2) is 0 Å². The fourth-order valence-corrected chi connectivity index (χ4v) is 1.61. The fraction of sp³-hybridized carbons (Fsp3) is 0.200. The molecule has 0 bridgehead atoms. The second kappa shape index (κ2) is 6.08. The van der Waals surface area contributed by atoms with E-state index >= 15 is 0 Å². The molecule has 0 aliphatic heterocycles. The minimum absolute atomic E-state index is 0.472. The largest absolute Gasteiger partial charge is 0.418 e. The van der Waals surface area contributed by atoms with Crippen LogP contribution in [0.4, 0.5) is 13.2 Å². The quantitative estimate of drug-likeness (QED) is 0.597. The number of halogens is 3. The van der Waals surface area contributed by atoms with Crippen molar-refractivity contribution in [1.82, 2.24) is 0 Å². The lowest BCUT2D eigenvalue weighted by Crippen LogP contribution is -2.15. The number of nitrogens with zero attached hydrogens (tertiary/aromatic N) is 2. The van der Waals surface area contributed by atoms with Crippen LogP contribution in [0, 0.1) is 29.6 Å². The Morgan fingerprint density at radius 2 is 1.65 bits per heavy atom. The maximum atomic E-state index is 13.0. The summed E-state index contributed by atoms with van der Waals surface area (Å²) in [4.78, 5) is 0. The molecule has 1 rings (SSSR count). The molecule has 0 amide bonds. The molecule has 0 radical (unpaired) electrons. The third-order valence-corrected chi connectivity index (χ3v) is 2.60. The van der Waals surface area contributed by atoms with Gasteiger partial charge in [0.1, 0.15) is 0 Å². The van der Waals surface area contributed by atoms with Crippen molar-refractivity contribution in [3.05, 3.63) is 52.1 Å². The summed E-state index contributed by atoms with van der Waals surface area (Å²) >= 11 is 0. The second-order valence-corrected chi connectivity index (χ2v) is 4.19. The molecule has 2 nitrogen and oxygen atoms in total. The average Bonchev–Trinajstić information content (AvgIpc) is 2.38. The lowest BCUT2D eigenvalue weighted by Gasteiger charge is -2.11. The first-order valence-electron chi connectivity index (χ1n) is 5.66. The number of benzene rings is 1. The van der Waals surface area contributed by atoms with Crippen molar-refractivity contribution in [2.24, 2.45) is 0 Å². The molecule has 0 heterocycles. The van der Waals surface area contributed by atoms with Crippen LogP contribution in [0.5, 0.6) is 0 Å². The highest BCUT2D eigenvalue weighted by molar-refractivity contribution is 5.66. The molecule has 0 N–H and O–H groups in total. The summed E-state index contributed by atoms with van der Waals surface area (Å²) in [6.45, 7) is 2.89. The molecule has 0 aliphatic carbocycles. The molecule has 0 spiro atoms. The molecule has 102 valence electrons. The zero-order chi connectivity index (χ0) is 15.3. The van der Waals surface area contributed by atoms with Crippen molar-refractivity contribution in [3.63, 3.8) is 0 Å². The molecule has 0 saturated heterocycles. The van der Waals surface area contributed by atoms with E-state index in [4.69, 9.17) is 10.5 Å². The Labute approximate surface area is 115 Å². The number of rotatable bonds is 2. The number of alkyl halides is 3. The van der Waals surface area contributed by atoms with E-state index in [-0.39, 0.29) is 0 Å². The van der Waals surface area contributed by atoms with Gasteiger partial charge in [-0.15, -0.1) is 0 Å². The summed E-state index contributed by atoms with van der Waals surface area (Å²) in [6.07, 6.45) is -3.62. The van der Waals surface area contributed by atoms with Crippen LogP contribution >= 0.6 is 0 Å². The van der Waals surface area contributed by atoms with Crippen LogP contribution in [-0.2, 0) is 0 Å². The molecule has 0 fully saturated rings. The van der Waals surface area contributed by atoms with Crippen LogP contribution in [0.3, 0.4) is 0 Å². The van der Waals surface area contributed by atoms with Gasteiger partial charge < -0.3 is 0 Å². The Balaban J connectivity index is 3.42. The first-order valence-corrected chi connectivity index (χ1v) is 5.66. The zero-order valence-corrected chi connectivity index (χ0v) is 10.9. The van der Waals surface area contributed by atoms with Crippen LogP contribution in [0.1, 0.15) is 18.1 Å². The number of nitriles is 2. The van der Waals surface area contributed by atoms with E-state index in [2.05, 4.69) is 0 Å². The maximum absolute atomic E-state index is 13.0. The molecule has 0 atom stereocenters. The van der Waals surface area contributed by atoms with Crippen molar-refractivity contribution in [1.29, 1.82) is 10.5 Å². The van der Waals surface area contributed by atoms with Gasteiger partial charge in [0.2, 0.25) is 0 Å². The van der Waals surface area contributed by atoms with E-state index < -0.39 is 22.9 Å². The zero-order valence-electron chi connectivity index (χ0n) is 10.9. The molecule has 1 aromatic rings. The minimum Gasteiger partial charge on any atom is -0.193 e. The number of hydrogen-bond acceptors (Lipinski definition) is 2. The standard InChI is InChI=1S/C15H11F3N2/c1-10-3-5-12(6-4-10)7-13(9-20)14(11(2)8-19)15(16,17)18/h3-7H,1-2H3/b13-7+,14-11-. The molecule has 0 saturated carbocycles. The van der Waals surface area contributed by atoms with Crippen LogP contribution in [0.25, 0.3) is 6.08 Å². The van der Waals surface area contributed by atoms with E-state index in [1.807, 2.05) is 6.92 Å². The van der Waals surface area contributed by atoms with Crippen molar-refractivity contribution in [2.45, 2.75) is 20.0 Å². The van der Waals surface area contributed by atoms with Gasteiger partial charge in [-0.05, 0) is 25.5 Å². The highest BCUT2D eigenvalue weighted by atomic mass is 19.4.